The maximum absolute atomic E-state index is 12.2. The normalized spacial score (nSPS) is 14.7. The van der Waals surface area contributed by atoms with E-state index < -0.39 is 0 Å². The number of thioether (sulfide) groups is 1. The number of hydrogen-bond donors (Lipinski definition) is 2. The largest absolute Gasteiger partial charge is 0.355 e. The van der Waals surface area contributed by atoms with Gasteiger partial charge in [0, 0.05) is 39.0 Å². The van der Waals surface area contributed by atoms with Crippen molar-refractivity contribution in [2.75, 3.05) is 12.3 Å². The Hall–Kier alpha value is -1.91. The molecule has 1 amide bonds. The maximum Gasteiger partial charge on any atom is 0.223 e. The number of benzene rings is 2. The fourth-order valence-corrected chi connectivity index (χ4v) is 4.93. The van der Waals surface area contributed by atoms with E-state index in [1.165, 1.54) is 23.1 Å². The van der Waals surface area contributed by atoms with Gasteiger partial charge in [-0.25, -0.2) is 0 Å². The molecule has 1 saturated carbocycles. The first-order valence-corrected chi connectivity index (χ1v) is 10.9. The summed E-state index contributed by atoms with van der Waals surface area (Å²) in [6, 6.07) is 16.3. The van der Waals surface area contributed by atoms with Crippen molar-refractivity contribution in [2.24, 2.45) is 5.92 Å². The summed E-state index contributed by atoms with van der Waals surface area (Å²) in [7, 11) is 0. The van der Waals surface area contributed by atoms with Gasteiger partial charge in [-0.05, 0) is 36.6 Å². The fraction of sp³-hybridized carbons (Fsp3) is 0.318. The van der Waals surface area contributed by atoms with Crippen LogP contribution < -0.4 is 5.32 Å². The summed E-state index contributed by atoms with van der Waals surface area (Å²) in [4.78, 5) is 17.0. The van der Waals surface area contributed by atoms with Gasteiger partial charge >= 0.3 is 0 Å². The van der Waals surface area contributed by atoms with Crippen LogP contribution in [0.15, 0.2) is 53.4 Å². The Morgan fingerprint density at radius 3 is 2.63 bits per heavy atom. The predicted molar refractivity (Wildman–Crippen MR) is 114 cm³/mol. The molecule has 4 rings (SSSR count). The minimum absolute atomic E-state index is 0.227. The van der Waals surface area contributed by atoms with Crippen molar-refractivity contribution in [2.45, 2.75) is 30.6 Å². The number of amides is 1. The average Bonchev–Trinajstić information content (AvgIpc) is 3.34. The summed E-state index contributed by atoms with van der Waals surface area (Å²) in [5, 5.41) is 5.07. The highest BCUT2D eigenvalue weighted by molar-refractivity contribution is 7.99. The molecule has 3 nitrogen and oxygen atoms in total. The predicted octanol–water partition coefficient (Wildman–Crippen LogP) is 5.89. The molecular weight excluding hydrogens is 376 g/mol. The molecule has 1 aromatic heterocycles. The lowest BCUT2D eigenvalue weighted by Gasteiger charge is -2.10. The van der Waals surface area contributed by atoms with Gasteiger partial charge in [-0.1, -0.05) is 54.8 Å². The van der Waals surface area contributed by atoms with Crippen LogP contribution in [-0.2, 0) is 4.79 Å². The highest BCUT2D eigenvalue weighted by Gasteiger charge is 2.22. The van der Waals surface area contributed by atoms with Gasteiger partial charge in [0.15, 0.2) is 0 Å². The third-order valence-corrected chi connectivity index (χ3v) is 6.54. The van der Waals surface area contributed by atoms with Crippen molar-refractivity contribution in [3.05, 3.63) is 53.6 Å². The molecule has 3 aromatic rings. The van der Waals surface area contributed by atoms with Gasteiger partial charge in [0.1, 0.15) is 0 Å². The van der Waals surface area contributed by atoms with Crippen LogP contribution in [0.4, 0.5) is 0 Å². The zero-order valence-corrected chi connectivity index (χ0v) is 16.7. The molecule has 0 bridgehead atoms. The van der Waals surface area contributed by atoms with E-state index in [1.807, 2.05) is 30.3 Å². The molecule has 1 aliphatic rings. The van der Waals surface area contributed by atoms with Gasteiger partial charge in [0.2, 0.25) is 5.91 Å². The van der Waals surface area contributed by atoms with Gasteiger partial charge in [-0.2, -0.15) is 0 Å². The lowest BCUT2D eigenvalue weighted by atomic mass is 10.1. The van der Waals surface area contributed by atoms with E-state index in [1.54, 1.807) is 11.8 Å². The first kappa shape index (κ1) is 18.5. The molecule has 5 heteroatoms. The second-order valence-corrected chi connectivity index (χ2v) is 8.54. The molecule has 1 heterocycles. The molecular formula is C22H23ClN2OS. The molecule has 2 N–H and O–H groups in total. The standard InChI is InChI=1S/C22H23ClN2OS/c23-17-11-9-15(10-12-17)20-21(18-7-3-4-8-19(18)25-20)27-14-13-24-22(26)16-5-1-2-6-16/h3-4,7-12,16,25H,1-2,5-6,13-14H2,(H,24,26). The highest BCUT2D eigenvalue weighted by atomic mass is 35.5. The van der Waals surface area contributed by atoms with Crippen LogP contribution in [0.25, 0.3) is 22.2 Å². The Morgan fingerprint density at radius 2 is 1.85 bits per heavy atom. The molecule has 0 atom stereocenters. The quantitative estimate of drug-likeness (QED) is 0.402. The van der Waals surface area contributed by atoms with Gasteiger partial charge in [-0.15, -0.1) is 11.8 Å². The lowest BCUT2D eigenvalue weighted by molar-refractivity contribution is -0.124. The molecule has 1 aliphatic carbocycles. The molecule has 0 radical (unpaired) electrons. The number of H-pyrrole nitrogens is 1. The van der Waals surface area contributed by atoms with E-state index >= 15 is 0 Å². The van der Waals surface area contributed by atoms with Crippen LogP contribution in [0.3, 0.4) is 0 Å². The minimum Gasteiger partial charge on any atom is -0.355 e. The molecule has 2 aromatic carbocycles. The Labute approximate surface area is 168 Å². The molecule has 27 heavy (non-hydrogen) atoms. The van der Waals surface area contributed by atoms with E-state index in [2.05, 4.69) is 28.5 Å². The maximum atomic E-state index is 12.2. The summed E-state index contributed by atoms with van der Waals surface area (Å²) in [5.41, 5.74) is 3.35. The number of fused-ring (bicyclic) bond motifs is 1. The number of aromatic amines is 1. The monoisotopic (exact) mass is 398 g/mol. The van der Waals surface area contributed by atoms with E-state index in [0.717, 1.165) is 40.4 Å². The number of carbonyl (C=O) groups is 1. The SMILES string of the molecule is O=C(NCCSc1c(-c2ccc(Cl)cc2)[nH]c2ccccc12)C1CCCC1. The van der Waals surface area contributed by atoms with E-state index in [-0.39, 0.29) is 11.8 Å². The Balaban J connectivity index is 1.49. The minimum atomic E-state index is 0.227. The van der Waals surface area contributed by atoms with Crippen LogP contribution in [0.5, 0.6) is 0 Å². The van der Waals surface area contributed by atoms with Crippen molar-refractivity contribution in [1.82, 2.24) is 10.3 Å². The molecule has 0 aliphatic heterocycles. The van der Waals surface area contributed by atoms with Gasteiger partial charge in [-0.3, -0.25) is 4.79 Å². The number of aromatic nitrogens is 1. The van der Waals surface area contributed by atoms with Crippen molar-refractivity contribution in [3.8, 4) is 11.3 Å². The Bertz CT molecular complexity index is 929. The third-order valence-electron chi connectivity index (χ3n) is 5.16. The van der Waals surface area contributed by atoms with Crippen LogP contribution in [0, 0.1) is 5.92 Å². The fourth-order valence-electron chi connectivity index (χ4n) is 3.75. The molecule has 140 valence electrons. The third kappa shape index (κ3) is 4.17. The Morgan fingerprint density at radius 1 is 1.11 bits per heavy atom. The molecule has 0 saturated heterocycles. The lowest BCUT2D eigenvalue weighted by Crippen LogP contribution is -2.30. The number of hydrogen-bond acceptors (Lipinski definition) is 2. The number of halogens is 1. The van der Waals surface area contributed by atoms with Gasteiger partial charge in [0.05, 0.1) is 5.69 Å². The summed E-state index contributed by atoms with van der Waals surface area (Å²) < 4.78 is 0. The zero-order valence-electron chi connectivity index (χ0n) is 15.1. The second-order valence-electron chi connectivity index (χ2n) is 7.00. The van der Waals surface area contributed by atoms with Gasteiger partial charge < -0.3 is 10.3 Å². The van der Waals surface area contributed by atoms with E-state index in [9.17, 15) is 4.79 Å². The summed E-state index contributed by atoms with van der Waals surface area (Å²) in [5.74, 6) is 1.30. The Kier molecular flexibility index (Phi) is 5.74. The summed E-state index contributed by atoms with van der Waals surface area (Å²) in [6.07, 6.45) is 4.46. The molecule has 0 unspecified atom stereocenters. The second kappa shape index (κ2) is 8.41. The molecule has 1 fully saturated rings. The van der Waals surface area contributed by atoms with Gasteiger partial charge in [0.25, 0.3) is 0 Å². The number of para-hydroxylation sites is 1. The van der Waals surface area contributed by atoms with Crippen molar-refractivity contribution >= 4 is 40.2 Å². The van der Waals surface area contributed by atoms with Crippen LogP contribution in [0.2, 0.25) is 5.02 Å². The summed E-state index contributed by atoms with van der Waals surface area (Å²) >= 11 is 7.84. The molecule has 0 spiro atoms. The van der Waals surface area contributed by atoms with E-state index in [0.29, 0.717) is 6.54 Å². The first-order valence-electron chi connectivity index (χ1n) is 9.49. The van der Waals surface area contributed by atoms with Crippen LogP contribution in [-0.4, -0.2) is 23.2 Å². The zero-order chi connectivity index (χ0) is 18.6. The average molecular weight is 399 g/mol. The smallest absolute Gasteiger partial charge is 0.223 e. The number of carbonyl (C=O) groups excluding carboxylic acids is 1. The first-order chi connectivity index (χ1) is 13.2. The van der Waals surface area contributed by atoms with Crippen molar-refractivity contribution in [1.29, 1.82) is 0 Å². The van der Waals surface area contributed by atoms with Crippen LogP contribution in [0.1, 0.15) is 25.7 Å². The summed E-state index contributed by atoms with van der Waals surface area (Å²) in [6.45, 7) is 0.694. The van der Waals surface area contributed by atoms with E-state index in [4.69, 9.17) is 11.6 Å². The number of rotatable bonds is 6. The van der Waals surface area contributed by atoms with Crippen molar-refractivity contribution in [3.63, 3.8) is 0 Å². The number of nitrogens with one attached hydrogen (secondary N) is 2. The van der Waals surface area contributed by atoms with Crippen molar-refractivity contribution < 1.29 is 4.79 Å². The highest BCUT2D eigenvalue weighted by Crippen LogP contribution is 2.37. The topological polar surface area (TPSA) is 44.9 Å². The van der Waals surface area contributed by atoms with Crippen LogP contribution >= 0.6 is 23.4 Å².